The molecule has 1 heterocycles. The molecule has 2 N–H and O–H groups in total. The van der Waals surface area contributed by atoms with Crippen molar-refractivity contribution in [3.63, 3.8) is 0 Å². The first-order chi connectivity index (χ1) is 7.82. The molecule has 17 heavy (non-hydrogen) atoms. The fourth-order valence-corrected chi connectivity index (χ4v) is 3.05. The maximum atomic E-state index is 12.0. The second kappa shape index (κ2) is 4.16. The van der Waals surface area contributed by atoms with Crippen LogP contribution in [0.15, 0.2) is 0 Å². The van der Waals surface area contributed by atoms with Gasteiger partial charge in [-0.25, -0.2) is 4.79 Å². The number of carbonyl (C=O) groups is 1. The molecule has 0 radical (unpaired) electrons. The van der Waals surface area contributed by atoms with Gasteiger partial charge in [0.2, 0.25) is 0 Å². The van der Waals surface area contributed by atoms with Crippen LogP contribution in [0.2, 0.25) is 0 Å². The quantitative estimate of drug-likeness (QED) is 0.705. The van der Waals surface area contributed by atoms with Crippen molar-refractivity contribution in [3.05, 3.63) is 0 Å². The third-order valence-corrected chi connectivity index (χ3v) is 4.01. The molecule has 2 rings (SSSR count). The van der Waals surface area contributed by atoms with Crippen LogP contribution < -0.4 is 5.73 Å². The Morgan fingerprint density at radius 1 is 1.41 bits per heavy atom. The Labute approximate surface area is 103 Å². The standard InChI is InChI=1S/C13H24N2O2/c1-12(2,3)17-11(16)15-8-7-13(9-15)6-4-5-10(13)14/h10H,4-9,14H2,1-3H3. The van der Waals surface area contributed by atoms with Crippen LogP contribution in [0.5, 0.6) is 0 Å². The maximum absolute atomic E-state index is 12.0. The zero-order valence-corrected chi connectivity index (χ0v) is 11.2. The van der Waals surface area contributed by atoms with Gasteiger partial charge in [0.15, 0.2) is 0 Å². The third kappa shape index (κ3) is 2.57. The second-order valence-corrected chi connectivity index (χ2v) is 6.51. The predicted molar refractivity (Wildman–Crippen MR) is 66.7 cm³/mol. The molecule has 2 aliphatic rings. The largest absolute Gasteiger partial charge is 0.444 e. The molecule has 1 spiro atoms. The summed E-state index contributed by atoms with van der Waals surface area (Å²) in [5.41, 5.74) is 5.95. The van der Waals surface area contributed by atoms with Crippen LogP contribution in [-0.2, 0) is 4.74 Å². The monoisotopic (exact) mass is 240 g/mol. The molecule has 1 aliphatic heterocycles. The molecule has 1 amide bonds. The van der Waals surface area contributed by atoms with Crippen molar-refractivity contribution in [1.82, 2.24) is 4.90 Å². The van der Waals surface area contributed by atoms with Gasteiger partial charge >= 0.3 is 6.09 Å². The van der Waals surface area contributed by atoms with E-state index in [-0.39, 0.29) is 17.6 Å². The van der Waals surface area contributed by atoms with Crippen molar-refractivity contribution in [2.45, 2.75) is 58.1 Å². The van der Waals surface area contributed by atoms with E-state index in [4.69, 9.17) is 10.5 Å². The summed E-state index contributed by atoms with van der Waals surface area (Å²) in [6.45, 7) is 7.28. The molecule has 4 nitrogen and oxygen atoms in total. The maximum Gasteiger partial charge on any atom is 0.410 e. The summed E-state index contributed by atoms with van der Waals surface area (Å²) in [6, 6.07) is 0.259. The highest BCUT2D eigenvalue weighted by Crippen LogP contribution is 2.44. The van der Waals surface area contributed by atoms with Gasteiger partial charge in [-0.3, -0.25) is 0 Å². The van der Waals surface area contributed by atoms with E-state index in [9.17, 15) is 4.79 Å². The van der Waals surface area contributed by atoms with Crippen LogP contribution in [0.25, 0.3) is 0 Å². The molecule has 4 heteroatoms. The van der Waals surface area contributed by atoms with Gasteiger partial charge in [-0.2, -0.15) is 0 Å². The Bertz CT molecular complexity index is 311. The molecular formula is C13H24N2O2. The van der Waals surface area contributed by atoms with E-state index in [1.807, 2.05) is 25.7 Å². The van der Waals surface area contributed by atoms with Gasteiger partial charge < -0.3 is 15.4 Å². The fraction of sp³-hybridized carbons (Fsp3) is 0.923. The zero-order valence-electron chi connectivity index (χ0n) is 11.2. The highest BCUT2D eigenvalue weighted by Gasteiger charge is 2.47. The topological polar surface area (TPSA) is 55.6 Å². The van der Waals surface area contributed by atoms with Gasteiger partial charge in [0.05, 0.1) is 0 Å². The SMILES string of the molecule is CC(C)(C)OC(=O)N1CCC2(CCCC2N)C1. The lowest BCUT2D eigenvalue weighted by molar-refractivity contribution is 0.0271. The number of rotatable bonds is 0. The van der Waals surface area contributed by atoms with Gasteiger partial charge in [0.25, 0.3) is 0 Å². The van der Waals surface area contributed by atoms with Crippen LogP contribution >= 0.6 is 0 Å². The lowest BCUT2D eigenvalue weighted by Crippen LogP contribution is -2.41. The summed E-state index contributed by atoms with van der Waals surface area (Å²) in [6.07, 6.45) is 4.31. The summed E-state index contributed by atoms with van der Waals surface area (Å²) >= 11 is 0. The van der Waals surface area contributed by atoms with Crippen molar-refractivity contribution >= 4 is 6.09 Å². The summed E-state index contributed by atoms with van der Waals surface area (Å²) < 4.78 is 5.41. The average Bonchev–Trinajstić information content (AvgIpc) is 2.74. The minimum atomic E-state index is -0.412. The first kappa shape index (κ1) is 12.7. The zero-order chi connectivity index (χ0) is 12.7. The number of likely N-dealkylation sites (tertiary alicyclic amines) is 1. The summed E-state index contributed by atoms with van der Waals surface area (Å²) in [5, 5.41) is 0. The normalized spacial score (nSPS) is 33.4. The average molecular weight is 240 g/mol. The molecule has 0 aromatic carbocycles. The fourth-order valence-electron chi connectivity index (χ4n) is 3.05. The number of amides is 1. The van der Waals surface area contributed by atoms with Gasteiger partial charge in [-0.1, -0.05) is 6.42 Å². The third-order valence-electron chi connectivity index (χ3n) is 4.01. The molecule has 0 bridgehead atoms. The molecular weight excluding hydrogens is 216 g/mol. The number of ether oxygens (including phenoxy) is 1. The molecule has 1 aliphatic carbocycles. The molecule has 1 saturated heterocycles. The summed E-state index contributed by atoms with van der Waals surface area (Å²) in [4.78, 5) is 13.8. The van der Waals surface area contributed by atoms with Gasteiger partial charge in [0.1, 0.15) is 5.60 Å². The number of nitrogens with two attached hydrogens (primary N) is 1. The Morgan fingerprint density at radius 2 is 2.12 bits per heavy atom. The van der Waals surface area contributed by atoms with Crippen LogP contribution in [0.4, 0.5) is 4.79 Å². The van der Waals surface area contributed by atoms with Crippen LogP contribution in [0, 0.1) is 5.41 Å². The Balaban J connectivity index is 1.96. The van der Waals surface area contributed by atoms with Crippen molar-refractivity contribution < 1.29 is 9.53 Å². The van der Waals surface area contributed by atoms with Crippen LogP contribution in [0.1, 0.15) is 46.5 Å². The smallest absolute Gasteiger partial charge is 0.410 e. The van der Waals surface area contributed by atoms with Crippen molar-refractivity contribution in [2.75, 3.05) is 13.1 Å². The van der Waals surface area contributed by atoms with E-state index in [1.54, 1.807) is 0 Å². The van der Waals surface area contributed by atoms with E-state index in [1.165, 1.54) is 6.42 Å². The minimum absolute atomic E-state index is 0.177. The second-order valence-electron chi connectivity index (χ2n) is 6.51. The first-order valence-electron chi connectivity index (χ1n) is 6.56. The molecule has 0 aromatic heterocycles. The Kier molecular flexibility index (Phi) is 3.10. The number of carbonyl (C=O) groups excluding carboxylic acids is 1. The number of hydrogen-bond acceptors (Lipinski definition) is 3. The highest BCUT2D eigenvalue weighted by molar-refractivity contribution is 5.68. The molecule has 2 unspecified atom stereocenters. The summed E-state index contributed by atoms with van der Waals surface area (Å²) in [7, 11) is 0. The minimum Gasteiger partial charge on any atom is -0.444 e. The predicted octanol–water partition coefficient (Wildman–Crippen LogP) is 2.12. The molecule has 1 saturated carbocycles. The van der Waals surface area contributed by atoms with Gasteiger partial charge in [-0.15, -0.1) is 0 Å². The lowest BCUT2D eigenvalue weighted by Gasteiger charge is -2.29. The van der Waals surface area contributed by atoms with Gasteiger partial charge in [-0.05, 0) is 40.0 Å². The molecule has 0 aromatic rings. The van der Waals surface area contributed by atoms with E-state index < -0.39 is 5.60 Å². The van der Waals surface area contributed by atoms with Crippen LogP contribution in [-0.4, -0.2) is 35.7 Å². The van der Waals surface area contributed by atoms with Crippen molar-refractivity contribution in [1.29, 1.82) is 0 Å². The first-order valence-corrected chi connectivity index (χ1v) is 6.56. The van der Waals surface area contributed by atoms with Gasteiger partial charge in [0, 0.05) is 24.5 Å². The van der Waals surface area contributed by atoms with Crippen molar-refractivity contribution in [3.8, 4) is 0 Å². The van der Waals surface area contributed by atoms with E-state index in [2.05, 4.69) is 0 Å². The Morgan fingerprint density at radius 3 is 2.65 bits per heavy atom. The molecule has 2 atom stereocenters. The Hall–Kier alpha value is -0.770. The highest BCUT2D eigenvalue weighted by atomic mass is 16.6. The summed E-state index contributed by atoms with van der Waals surface area (Å²) in [5.74, 6) is 0. The lowest BCUT2D eigenvalue weighted by atomic mass is 9.82. The van der Waals surface area contributed by atoms with Crippen molar-refractivity contribution in [2.24, 2.45) is 11.1 Å². The molecule has 2 fully saturated rings. The number of hydrogen-bond donors (Lipinski definition) is 1. The number of nitrogens with zero attached hydrogens (tertiary/aromatic N) is 1. The molecule has 98 valence electrons. The van der Waals surface area contributed by atoms with Crippen LogP contribution in [0.3, 0.4) is 0 Å². The van der Waals surface area contributed by atoms with E-state index in [0.717, 1.165) is 32.4 Å². The van der Waals surface area contributed by atoms with E-state index >= 15 is 0 Å². The van der Waals surface area contributed by atoms with E-state index in [0.29, 0.717) is 0 Å².